The third-order valence-electron chi connectivity index (χ3n) is 4.09. The Morgan fingerprint density at radius 1 is 1.33 bits per heavy atom. The summed E-state index contributed by atoms with van der Waals surface area (Å²) >= 11 is 1.77. The van der Waals surface area contributed by atoms with Gasteiger partial charge in [-0.3, -0.25) is 4.68 Å². The van der Waals surface area contributed by atoms with Crippen LogP contribution in [0.25, 0.3) is 0 Å². The number of rotatable bonds is 5. The monoisotopic (exact) mass is 302 g/mol. The molecular weight excluding hydrogens is 280 g/mol. The van der Waals surface area contributed by atoms with E-state index >= 15 is 0 Å². The van der Waals surface area contributed by atoms with Crippen molar-refractivity contribution in [2.75, 3.05) is 0 Å². The molecule has 1 heterocycles. The van der Waals surface area contributed by atoms with Gasteiger partial charge in [-0.05, 0) is 43.5 Å². The van der Waals surface area contributed by atoms with Crippen LogP contribution in [0, 0.1) is 0 Å². The summed E-state index contributed by atoms with van der Waals surface area (Å²) in [5.41, 5.74) is 2.10. The molecule has 0 saturated heterocycles. The number of benzene rings is 1. The van der Waals surface area contributed by atoms with E-state index in [2.05, 4.69) is 29.1 Å². The van der Waals surface area contributed by atoms with Gasteiger partial charge in [0.05, 0.1) is 17.8 Å². The van der Waals surface area contributed by atoms with Crippen LogP contribution in [0.5, 0.6) is 0 Å². The minimum Gasteiger partial charge on any atom is -0.389 e. The molecule has 1 aromatic heterocycles. The first kappa shape index (κ1) is 14.7. The summed E-state index contributed by atoms with van der Waals surface area (Å²) in [7, 11) is 0. The van der Waals surface area contributed by atoms with Crippen LogP contribution in [0.3, 0.4) is 0 Å². The maximum absolute atomic E-state index is 9.63. The van der Waals surface area contributed by atoms with E-state index in [0.717, 1.165) is 17.0 Å². The van der Waals surface area contributed by atoms with Crippen molar-refractivity contribution in [1.29, 1.82) is 0 Å². The largest absolute Gasteiger partial charge is 0.389 e. The Kier molecular flexibility index (Phi) is 4.66. The summed E-state index contributed by atoms with van der Waals surface area (Å²) in [4.78, 5) is 1.18. The van der Waals surface area contributed by atoms with E-state index in [0.29, 0.717) is 6.04 Å². The molecule has 0 bridgehead atoms. The summed E-state index contributed by atoms with van der Waals surface area (Å²) in [6, 6.07) is 10.9. The van der Waals surface area contributed by atoms with Crippen LogP contribution in [0.4, 0.5) is 0 Å². The van der Waals surface area contributed by atoms with Crippen molar-refractivity contribution >= 4 is 11.8 Å². The third kappa shape index (κ3) is 3.69. The molecule has 1 aromatic carbocycles. The van der Waals surface area contributed by atoms with Crippen molar-refractivity contribution in [3.05, 3.63) is 47.8 Å². The van der Waals surface area contributed by atoms with Crippen molar-refractivity contribution in [3.8, 4) is 0 Å². The molecule has 3 nitrogen and oxygen atoms in total. The first-order valence-electron chi connectivity index (χ1n) is 7.67. The first-order chi connectivity index (χ1) is 10.2. The van der Waals surface area contributed by atoms with Gasteiger partial charge in [-0.25, -0.2) is 0 Å². The molecule has 0 spiro atoms. The predicted octanol–water partition coefficient (Wildman–Crippen LogP) is 4.34. The Bertz CT molecular complexity index is 588. The average molecular weight is 302 g/mol. The van der Waals surface area contributed by atoms with Gasteiger partial charge in [-0.15, -0.1) is 11.8 Å². The minimum atomic E-state index is -0.410. The normalized spacial score (nSPS) is 17.2. The molecule has 0 amide bonds. The Labute approximate surface area is 130 Å². The quantitative estimate of drug-likeness (QED) is 0.835. The molecule has 2 aromatic rings. The van der Waals surface area contributed by atoms with Gasteiger partial charge in [0, 0.05) is 16.8 Å². The number of hydrogen-bond acceptors (Lipinski definition) is 3. The van der Waals surface area contributed by atoms with Gasteiger partial charge in [0.1, 0.15) is 0 Å². The molecule has 1 fully saturated rings. The zero-order valence-electron chi connectivity index (χ0n) is 12.4. The summed E-state index contributed by atoms with van der Waals surface area (Å²) in [5.74, 6) is 0.878. The molecule has 1 aliphatic carbocycles. The maximum atomic E-state index is 9.63. The van der Waals surface area contributed by atoms with Crippen LogP contribution in [-0.4, -0.2) is 14.9 Å². The third-order valence-corrected chi connectivity index (χ3v) is 5.12. The molecular formula is C17H22N2OS. The van der Waals surface area contributed by atoms with E-state index in [-0.39, 0.29) is 0 Å². The van der Waals surface area contributed by atoms with Crippen LogP contribution in [0.1, 0.15) is 56.0 Å². The lowest BCUT2D eigenvalue weighted by atomic mass is 10.1. The summed E-state index contributed by atoms with van der Waals surface area (Å²) < 4.78 is 2.15. The highest BCUT2D eigenvalue weighted by Crippen LogP contribution is 2.30. The first-order valence-corrected chi connectivity index (χ1v) is 8.66. The Balaban J connectivity index is 1.61. The maximum Gasteiger partial charge on any atom is 0.0762 e. The Morgan fingerprint density at radius 2 is 2.14 bits per heavy atom. The van der Waals surface area contributed by atoms with E-state index in [1.54, 1.807) is 18.7 Å². The fourth-order valence-electron chi connectivity index (χ4n) is 2.85. The number of aromatic nitrogens is 2. The number of aliphatic hydroxyl groups is 1. The second kappa shape index (κ2) is 6.67. The second-order valence-corrected chi connectivity index (χ2v) is 6.81. The molecule has 1 unspecified atom stereocenters. The van der Waals surface area contributed by atoms with Crippen molar-refractivity contribution < 1.29 is 5.11 Å². The Hall–Kier alpha value is -1.26. The lowest BCUT2D eigenvalue weighted by Gasteiger charge is -2.09. The highest BCUT2D eigenvalue weighted by Gasteiger charge is 2.17. The minimum absolute atomic E-state index is 0.410. The number of nitrogens with zero attached hydrogens (tertiary/aromatic N) is 2. The molecule has 3 rings (SSSR count). The molecule has 1 aliphatic rings. The van der Waals surface area contributed by atoms with Crippen LogP contribution >= 0.6 is 11.8 Å². The highest BCUT2D eigenvalue weighted by atomic mass is 32.2. The topological polar surface area (TPSA) is 38.0 Å². The summed E-state index contributed by atoms with van der Waals surface area (Å²) in [6.45, 7) is 1.80. The van der Waals surface area contributed by atoms with Gasteiger partial charge >= 0.3 is 0 Å². The van der Waals surface area contributed by atoms with Crippen molar-refractivity contribution in [3.63, 3.8) is 0 Å². The second-order valence-electron chi connectivity index (χ2n) is 5.76. The fourth-order valence-corrected chi connectivity index (χ4v) is 3.71. The molecule has 1 N–H and O–H groups in total. The number of aliphatic hydroxyl groups excluding tert-OH is 1. The van der Waals surface area contributed by atoms with Crippen molar-refractivity contribution in [1.82, 2.24) is 9.78 Å². The lowest BCUT2D eigenvalue weighted by molar-refractivity contribution is 0.199. The SMILES string of the molecule is CC(O)c1cccc(SCc2ccn(C3CCCC3)n2)c1. The average Bonchev–Trinajstić information content (AvgIpc) is 3.16. The molecule has 4 heteroatoms. The lowest BCUT2D eigenvalue weighted by Crippen LogP contribution is -2.05. The van der Waals surface area contributed by atoms with Crippen molar-refractivity contribution in [2.45, 2.75) is 55.4 Å². The van der Waals surface area contributed by atoms with Gasteiger partial charge in [-0.2, -0.15) is 5.10 Å². The standard InChI is InChI=1S/C17H22N2OS/c1-13(20)14-5-4-8-17(11-14)21-12-15-9-10-19(18-15)16-6-2-3-7-16/h4-5,8-11,13,16,20H,2-3,6-7,12H2,1H3. The van der Waals surface area contributed by atoms with Gasteiger partial charge in [0.15, 0.2) is 0 Å². The van der Waals surface area contributed by atoms with E-state index in [1.165, 1.54) is 30.6 Å². The number of hydrogen-bond donors (Lipinski definition) is 1. The van der Waals surface area contributed by atoms with Crippen molar-refractivity contribution in [2.24, 2.45) is 0 Å². The highest BCUT2D eigenvalue weighted by molar-refractivity contribution is 7.98. The molecule has 1 saturated carbocycles. The van der Waals surface area contributed by atoms with E-state index in [1.807, 2.05) is 12.1 Å². The van der Waals surface area contributed by atoms with Crippen LogP contribution in [0.15, 0.2) is 41.4 Å². The van der Waals surface area contributed by atoms with E-state index < -0.39 is 6.10 Å². The van der Waals surface area contributed by atoms with Gasteiger partial charge in [0.2, 0.25) is 0 Å². The molecule has 0 radical (unpaired) electrons. The predicted molar refractivity (Wildman–Crippen MR) is 86.4 cm³/mol. The van der Waals surface area contributed by atoms with Gasteiger partial charge in [0.25, 0.3) is 0 Å². The zero-order chi connectivity index (χ0) is 14.7. The molecule has 112 valence electrons. The summed E-state index contributed by atoms with van der Waals surface area (Å²) in [6.07, 6.45) is 6.92. The number of thioether (sulfide) groups is 1. The Morgan fingerprint density at radius 3 is 2.90 bits per heavy atom. The summed E-state index contributed by atoms with van der Waals surface area (Å²) in [5, 5.41) is 14.3. The molecule has 21 heavy (non-hydrogen) atoms. The zero-order valence-corrected chi connectivity index (χ0v) is 13.2. The van der Waals surface area contributed by atoms with Crippen LogP contribution < -0.4 is 0 Å². The van der Waals surface area contributed by atoms with Crippen LogP contribution in [-0.2, 0) is 5.75 Å². The van der Waals surface area contributed by atoms with Gasteiger partial charge in [-0.1, -0.05) is 25.0 Å². The van der Waals surface area contributed by atoms with Crippen LogP contribution in [0.2, 0.25) is 0 Å². The van der Waals surface area contributed by atoms with E-state index in [9.17, 15) is 5.11 Å². The molecule has 1 atom stereocenters. The fraction of sp³-hybridized carbons (Fsp3) is 0.471. The molecule has 0 aliphatic heterocycles. The van der Waals surface area contributed by atoms with Gasteiger partial charge < -0.3 is 5.11 Å². The van der Waals surface area contributed by atoms with E-state index in [4.69, 9.17) is 5.10 Å². The smallest absolute Gasteiger partial charge is 0.0762 e.